The van der Waals surface area contributed by atoms with Crippen LogP contribution in [0.5, 0.6) is 0 Å². The van der Waals surface area contributed by atoms with Gasteiger partial charge in [0.15, 0.2) is 0 Å². The SMILES string of the molecule is Cc1c(Cl)cccc1S(=O)(=O)NC1CC(O)C1(C)C. The van der Waals surface area contributed by atoms with Gasteiger partial charge < -0.3 is 5.11 Å². The first-order chi connectivity index (χ1) is 8.66. The molecule has 1 aromatic carbocycles. The van der Waals surface area contributed by atoms with Crippen LogP contribution < -0.4 is 4.72 Å². The van der Waals surface area contributed by atoms with Gasteiger partial charge in [0.1, 0.15) is 0 Å². The molecule has 2 rings (SSSR count). The van der Waals surface area contributed by atoms with Crippen molar-refractivity contribution in [1.82, 2.24) is 4.72 Å². The Kier molecular flexibility index (Phi) is 3.68. The number of hydrogen-bond donors (Lipinski definition) is 2. The second-order valence-corrected chi connectivity index (χ2v) is 7.70. The zero-order chi connectivity index (χ0) is 14.4. The van der Waals surface area contributed by atoms with Gasteiger partial charge in [-0.15, -0.1) is 0 Å². The molecule has 2 N–H and O–H groups in total. The molecule has 0 amide bonds. The van der Waals surface area contributed by atoms with E-state index in [1.54, 1.807) is 19.1 Å². The third-order valence-corrected chi connectivity index (χ3v) is 6.05. The van der Waals surface area contributed by atoms with E-state index in [1.165, 1.54) is 6.07 Å². The van der Waals surface area contributed by atoms with Gasteiger partial charge in [0.2, 0.25) is 10.0 Å². The number of halogens is 1. The van der Waals surface area contributed by atoms with E-state index in [4.69, 9.17) is 11.6 Å². The van der Waals surface area contributed by atoms with E-state index in [1.807, 2.05) is 13.8 Å². The Labute approximate surface area is 118 Å². The second-order valence-electron chi connectivity index (χ2n) is 5.61. The first-order valence-electron chi connectivity index (χ1n) is 6.12. The Morgan fingerprint density at radius 1 is 1.42 bits per heavy atom. The van der Waals surface area contributed by atoms with E-state index in [2.05, 4.69) is 4.72 Å². The summed E-state index contributed by atoms with van der Waals surface area (Å²) in [5.41, 5.74) is 0.0915. The highest BCUT2D eigenvalue weighted by molar-refractivity contribution is 7.89. The molecule has 0 bridgehead atoms. The van der Waals surface area contributed by atoms with Crippen LogP contribution in [-0.2, 0) is 10.0 Å². The average molecular weight is 304 g/mol. The van der Waals surface area contributed by atoms with E-state index in [-0.39, 0.29) is 10.9 Å². The molecule has 0 aliphatic heterocycles. The maximum Gasteiger partial charge on any atom is 0.241 e. The third kappa shape index (κ3) is 2.52. The van der Waals surface area contributed by atoms with Crippen LogP contribution in [-0.4, -0.2) is 25.7 Å². The molecule has 1 aromatic rings. The molecular formula is C13H18ClNO3S. The fourth-order valence-electron chi connectivity index (χ4n) is 2.23. The average Bonchev–Trinajstić information content (AvgIpc) is 2.32. The van der Waals surface area contributed by atoms with Gasteiger partial charge in [-0.1, -0.05) is 31.5 Å². The lowest BCUT2D eigenvalue weighted by molar-refractivity contribution is -0.0645. The van der Waals surface area contributed by atoms with Crippen molar-refractivity contribution in [3.8, 4) is 0 Å². The Bertz CT molecular complexity index is 598. The molecular weight excluding hydrogens is 286 g/mol. The fraction of sp³-hybridized carbons (Fsp3) is 0.538. The second kappa shape index (κ2) is 4.74. The van der Waals surface area contributed by atoms with E-state index < -0.39 is 21.5 Å². The molecule has 1 fully saturated rings. The van der Waals surface area contributed by atoms with Gasteiger partial charge in [0.05, 0.1) is 11.0 Å². The van der Waals surface area contributed by atoms with Gasteiger partial charge in [0.25, 0.3) is 0 Å². The van der Waals surface area contributed by atoms with Crippen molar-refractivity contribution in [3.05, 3.63) is 28.8 Å². The van der Waals surface area contributed by atoms with E-state index in [0.717, 1.165) is 0 Å². The standard InChI is InChI=1S/C13H18ClNO3S/c1-8-9(14)5-4-6-10(8)19(17,18)15-11-7-12(16)13(11,2)3/h4-6,11-12,15-16H,7H2,1-3H3. The largest absolute Gasteiger partial charge is 0.392 e. The van der Waals surface area contributed by atoms with Crippen molar-refractivity contribution in [2.75, 3.05) is 0 Å². The Morgan fingerprint density at radius 2 is 2.05 bits per heavy atom. The summed E-state index contributed by atoms with van der Waals surface area (Å²) in [4.78, 5) is 0.192. The van der Waals surface area contributed by atoms with Crippen molar-refractivity contribution in [1.29, 1.82) is 0 Å². The lowest BCUT2D eigenvalue weighted by Crippen LogP contribution is -2.61. The normalized spacial score (nSPS) is 25.9. The van der Waals surface area contributed by atoms with Crippen LogP contribution in [0.3, 0.4) is 0 Å². The summed E-state index contributed by atoms with van der Waals surface area (Å²) < 4.78 is 27.4. The van der Waals surface area contributed by atoms with Crippen LogP contribution in [0.4, 0.5) is 0 Å². The van der Waals surface area contributed by atoms with Crippen LogP contribution >= 0.6 is 11.6 Å². The highest BCUT2D eigenvalue weighted by Crippen LogP contribution is 2.41. The maximum absolute atomic E-state index is 12.4. The molecule has 0 aromatic heterocycles. The van der Waals surface area contributed by atoms with Gasteiger partial charge in [-0.05, 0) is 31.0 Å². The van der Waals surface area contributed by atoms with E-state index in [0.29, 0.717) is 17.0 Å². The quantitative estimate of drug-likeness (QED) is 0.898. The predicted octanol–water partition coefficient (Wildman–Crippen LogP) is 2.09. The van der Waals surface area contributed by atoms with Gasteiger partial charge in [0, 0.05) is 16.5 Å². The third-order valence-electron chi connectivity index (χ3n) is 4.02. The molecule has 0 spiro atoms. The van der Waals surface area contributed by atoms with Gasteiger partial charge >= 0.3 is 0 Å². The summed E-state index contributed by atoms with van der Waals surface area (Å²) >= 11 is 5.95. The highest BCUT2D eigenvalue weighted by atomic mass is 35.5. The number of sulfonamides is 1. The number of rotatable bonds is 3. The monoisotopic (exact) mass is 303 g/mol. The molecule has 19 heavy (non-hydrogen) atoms. The van der Waals surface area contributed by atoms with Crippen LogP contribution in [0.25, 0.3) is 0 Å². The van der Waals surface area contributed by atoms with Crippen molar-refractivity contribution in [3.63, 3.8) is 0 Å². The van der Waals surface area contributed by atoms with Crippen LogP contribution in [0.2, 0.25) is 5.02 Å². The van der Waals surface area contributed by atoms with Crippen LogP contribution in [0.1, 0.15) is 25.8 Å². The molecule has 0 radical (unpaired) electrons. The maximum atomic E-state index is 12.4. The molecule has 0 heterocycles. The van der Waals surface area contributed by atoms with Gasteiger partial charge in [-0.25, -0.2) is 13.1 Å². The number of hydrogen-bond acceptors (Lipinski definition) is 3. The van der Waals surface area contributed by atoms with Crippen molar-refractivity contribution < 1.29 is 13.5 Å². The Hall–Kier alpha value is -0.620. The minimum atomic E-state index is -3.61. The lowest BCUT2D eigenvalue weighted by Gasteiger charge is -2.49. The summed E-state index contributed by atoms with van der Waals surface area (Å²) in [7, 11) is -3.61. The summed E-state index contributed by atoms with van der Waals surface area (Å²) in [6.45, 7) is 5.37. The number of aliphatic hydroxyl groups excluding tert-OH is 1. The first-order valence-corrected chi connectivity index (χ1v) is 7.98. The first kappa shape index (κ1) is 14.8. The minimum Gasteiger partial charge on any atom is -0.392 e. The molecule has 2 atom stereocenters. The molecule has 106 valence electrons. The Morgan fingerprint density at radius 3 is 2.58 bits per heavy atom. The van der Waals surface area contributed by atoms with Crippen LogP contribution in [0.15, 0.2) is 23.1 Å². The van der Waals surface area contributed by atoms with Gasteiger partial charge in [-0.2, -0.15) is 0 Å². The van der Waals surface area contributed by atoms with Gasteiger partial charge in [-0.3, -0.25) is 0 Å². The van der Waals surface area contributed by atoms with Crippen molar-refractivity contribution in [2.45, 2.75) is 44.2 Å². The fourth-order valence-corrected chi connectivity index (χ4v) is 4.13. The molecule has 0 saturated heterocycles. The highest BCUT2D eigenvalue weighted by Gasteiger charge is 2.49. The summed E-state index contributed by atoms with van der Waals surface area (Å²) in [6, 6.07) is 4.55. The predicted molar refractivity (Wildman–Crippen MR) is 74.7 cm³/mol. The zero-order valence-corrected chi connectivity index (χ0v) is 12.7. The molecule has 2 unspecified atom stereocenters. The summed E-state index contributed by atoms with van der Waals surface area (Å²) in [5.74, 6) is 0. The smallest absolute Gasteiger partial charge is 0.241 e. The van der Waals surface area contributed by atoms with Crippen molar-refractivity contribution in [2.24, 2.45) is 5.41 Å². The topological polar surface area (TPSA) is 66.4 Å². The van der Waals surface area contributed by atoms with E-state index >= 15 is 0 Å². The molecule has 1 aliphatic carbocycles. The number of aliphatic hydroxyl groups is 1. The molecule has 1 saturated carbocycles. The van der Waals surface area contributed by atoms with Crippen LogP contribution in [0, 0.1) is 12.3 Å². The summed E-state index contributed by atoms with van der Waals surface area (Å²) in [5, 5.41) is 10.1. The molecule has 1 aliphatic rings. The van der Waals surface area contributed by atoms with Crippen molar-refractivity contribution >= 4 is 21.6 Å². The minimum absolute atomic E-state index is 0.192. The number of benzene rings is 1. The zero-order valence-electron chi connectivity index (χ0n) is 11.1. The van der Waals surface area contributed by atoms with E-state index in [9.17, 15) is 13.5 Å². The molecule has 4 nitrogen and oxygen atoms in total. The number of nitrogens with one attached hydrogen (secondary N) is 1. The molecule has 6 heteroatoms. The lowest BCUT2D eigenvalue weighted by atomic mass is 9.65. The summed E-state index contributed by atoms with van der Waals surface area (Å²) in [6.07, 6.45) is -0.0353. The Balaban J connectivity index is 2.27.